The van der Waals surface area contributed by atoms with Gasteiger partial charge in [0.1, 0.15) is 12.1 Å². The summed E-state index contributed by atoms with van der Waals surface area (Å²) in [7, 11) is 0. The molecule has 1 rings (SSSR count). The molecule has 0 aliphatic rings. The molecule has 14 heavy (non-hydrogen) atoms. The van der Waals surface area contributed by atoms with E-state index in [0.717, 1.165) is 11.8 Å². The van der Waals surface area contributed by atoms with Gasteiger partial charge in [-0.3, -0.25) is 5.41 Å². The van der Waals surface area contributed by atoms with Gasteiger partial charge in [-0.05, 0) is 18.1 Å². The van der Waals surface area contributed by atoms with Crippen molar-refractivity contribution in [1.29, 1.82) is 5.41 Å². The fourth-order valence-corrected chi connectivity index (χ4v) is 1.29. The monoisotopic (exact) mass is 190 g/mol. The summed E-state index contributed by atoms with van der Waals surface area (Å²) in [6.07, 6.45) is 1.63. The zero-order valence-electron chi connectivity index (χ0n) is 8.16. The Hall–Kier alpha value is -1.64. The Morgan fingerprint density at radius 1 is 1.64 bits per heavy atom. The van der Waals surface area contributed by atoms with Crippen molar-refractivity contribution in [1.82, 2.24) is 0 Å². The van der Waals surface area contributed by atoms with Gasteiger partial charge in [-0.15, -0.1) is 0 Å². The van der Waals surface area contributed by atoms with E-state index in [2.05, 4.69) is 0 Å². The zero-order chi connectivity index (χ0) is 10.6. The summed E-state index contributed by atoms with van der Waals surface area (Å²) in [5.74, 6) is 0.0721. The summed E-state index contributed by atoms with van der Waals surface area (Å²) < 4.78 is 0. The smallest absolute Gasteiger partial charge is 0.123 e. The molecule has 1 aromatic carbocycles. The number of rotatable bonds is 4. The quantitative estimate of drug-likeness (QED) is 0.427. The Labute approximate surface area is 83.4 Å². The number of nitrogens with one attached hydrogen (secondary N) is 1. The average Bonchev–Trinajstić information content (AvgIpc) is 2.18. The number of nitrogen functional groups attached to an aromatic ring is 1. The van der Waals surface area contributed by atoms with Gasteiger partial charge in [-0.1, -0.05) is 25.1 Å². The molecular weight excluding hydrogens is 176 g/mol. The van der Waals surface area contributed by atoms with E-state index in [-0.39, 0.29) is 11.8 Å². The molecule has 0 fully saturated rings. The van der Waals surface area contributed by atoms with Crippen LogP contribution in [0.25, 0.3) is 0 Å². The summed E-state index contributed by atoms with van der Waals surface area (Å²) in [5, 5.41) is 7.27. The van der Waals surface area contributed by atoms with Crippen molar-refractivity contribution < 1.29 is 4.79 Å². The Morgan fingerprint density at radius 3 is 2.93 bits per heavy atom. The van der Waals surface area contributed by atoms with Crippen molar-refractivity contribution in [3.8, 4) is 0 Å². The van der Waals surface area contributed by atoms with Gasteiger partial charge in [0.25, 0.3) is 0 Å². The van der Waals surface area contributed by atoms with Crippen LogP contribution in [0.15, 0.2) is 24.3 Å². The van der Waals surface area contributed by atoms with Crippen molar-refractivity contribution in [2.45, 2.75) is 13.3 Å². The highest BCUT2D eigenvalue weighted by atomic mass is 16.1. The molecule has 1 atom stereocenters. The summed E-state index contributed by atoms with van der Waals surface area (Å²) in [4.78, 5) is 10.5. The first-order chi connectivity index (χ1) is 6.63. The molecule has 1 aromatic rings. The van der Waals surface area contributed by atoms with Crippen LogP contribution >= 0.6 is 0 Å². The van der Waals surface area contributed by atoms with Crippen LogP contribution in [-0.2, 0) is 11.2 Å². The number of aldehydes is 1. The zero-order valence-corrected chi connectivity index (χ0v) is 8.16. The normalized spacial score (nSPS) is 12.1. The lowest BCUT2D eigenvalue weighted by Crippen LogP contribution is -2.11. The van der Waals surface area contributed by atoms with Gasteiger partial charge in [0.2, 0.25) is 0 Å². The topological polar surface area (TPSA) is 66.9 Å². The highest BCUT2D eigenvalue weighted by molar-refractivity contribution is 5.95. The molecule has 0 bridgehead atoms. The van der Waals surface area contributed by atoms with E-state index in [1.54, 1.807) is 6.07 Å². The van der Waals surface area contributed by atoms with Crippen molar-refractivity contribution in [2.75, 3.05) is 0 Å². The maximum atomic E-state index is 10.5. The molecular formula is C11H14N2O. The van der Waals surface area contributed by atoms with Crippen LogP contribution in [0.3, 0.4) is 0 Å². The maximum absolute atomic E-state index is 10.5. The molecule has 0 heterocycles. The molecule has 3 nitrogen and oxygen atoms in total. The van der Waals surface area contributed by atoms with Gasteiger partial charge in [-0.25, -0.2) is 0 Å². The van der Waals surface area contributed by atoms with Gasteiger partial charge in [0.15, 0.2) is 0 Å². The van der Waals surface area contributed by atoms with E-state index < -0.39 is 0 Å². The molecule has 1 unspecified atom stereocenters. The Morgan fingerprint density at radius 2 is 2.36 bits per heavy atom. The first kappa shape index (κ1) is 10.4. The number of carbonyl (C=O) groups excluding carboxylic acids is 1. The average molecular weight is 190 g/mol. The van der Waals surface area contributed by atoms with E-state index in [4.69, 9.17) is 11.1 Å². The van der Waals surface area contributed by atoms with Crippen LogP contribution in [0.4, 0.5) is 0 Å². The van der Waals surface area contributed by atoms with Gasteiger partial charge in [-0.2, -0.15) is 0 Å². The summed E-state index contributed by atoms with van der Waals surface area (Å²) in [6, 6.07) is 7.43. The third-order valence-electron chi connectivity index (χ3n) is 2.03. The molecule has 0 spiro atoms. The third-order valence-corrected chi connectivity index (χ3v) is 2.03. The molecule has 0 aromatic heterocycles. The van der Waals surface area contributed by atoms with E-state index in [9.17, 15) is 4.79 Å². The predicted molar refractivity (Wildman–Crippen MR) is 56.4 cm³/mol. The Kier molecular flexibility index (Phi) is 3.40. The Bertz CT molecular complexity index is 347. The first-order valence-electron chi connectivity index (χ1n) is 4.52. The lowest BCUT2D eigenvalue weighted by atomic mass is 10.0. The van der Waals surface area contributed by atoms with Gasteiger partial charge < -0.3 is 10.5 Å². The van der Waals surface area contributed by atoms with Gasteiger partial charge >= 0.3 is 0 Å². The molecule has 74 valence electrons. The number of hydrogen-bond donors (Lipinski definition) is 2. The van der Waals surface area contributed by atoms with Crippen molar-refractivity contribution in [3.05, 3.63) is 35.4 Å². The number of carbonyl (C=O) groups is 1. The van der Waals surface area contributed by atoms with E-state index in [0.29, 0.717) is 12.0 Å². The second-order valence-corrected chi connectivity index (χ2v) is 3.43. The lowest BCUT2D eigenvalue weighted by molar-refractivity contribution is -0.110. The predicted octanol–water partition coefficient (Wildman–Crippen LogP) is 1.35. The molecule has 0 aliphatic heterocycles. The highest BCUT2D eigenvalue weighted by Gasteiger charge is 2.03. The van der Waals surface area contributed by atoms with E-state index >= 15 is 0 Å². The number of amidine groups is 1. The first-order valence-corrected chi connectivity index (χ1v) is 4.52. The van der Waals surface area contributed by atoms with E-state index in [1.807, 2.05) is 25.1 Å². The number of benzene rings is 1. The minimum atomic E-state index is 0.0113. The molecule has 0 aliphatic carbocycles. The lowest BCUT2D eigenvalue weighted by Gasteiger charge is -2.05. The summed E-state index contributed by atoms with van der Waals surface area (Å²) >= 11 is 0. The van der Waals surface area contributed by atoms with E-state index in [1.165, 1.54) is 0 Å². The maximum Gasteiger partial charge on any atom is 0.123 e. The second-order valence-electron chi connectivity index (χ2n) is 3.43. The van der Waals surface area contributed by atoms with Gasteiger partial charge in [0, 0.05) is 11.5 Å². The van der Waals surface area contributed by atoms with Crippen molar-refractivity contribution in [2.24, 2.45) is 11.7 Å². The molecule has 0 radical (unpaired) electrons. The third kappa shape index (κ3) is 2.69. The fourth-order valence-electron chi connectivity index (χ4n) is 1.29. The molecule has 3 N–H and O–H groups in total. The Balaban J connectivity index is 2.83. The van der Waals surface area contributed by atoms with Crippen molar-refractivity contribution in [3.63, 3.8) is 0 Å². The van der Waals surface area contributed by atoms with Crippen molar-refractivity contribution >= 4 is 12.1 Å². The number of hydrogen-bond acceptors (Lipinski definition) is 2. The molecule has 0 saturated heterocycles. The largest absolute Gasteiger partial charge is 0.384 e. The molecule has 0 amide bonds. The molecule has 0 saturated carbocycles. The van der Waals surface area contributed by atoms with Gasteiger partial charge in [0.05, 0.1) is 0 Å². The minimum absolute atomic E-state index is 0.0113. The standard InChI is InChI=1S/C11H14N2O/c1-8(7-14)5-9-3-2-4-10(6-9)11(12)13/h2-4,6-8H,5H2,1H3,(H3,12,13). The minimum Gasteiger partial charge on any atom is -0.384 e. The SMILES string of the molecule is CC(C=O)Cc1cccc(C(=N)N)c1. The van der Waals surface area contributed by atoms with Crippen LogP contribution in [-0.4, -0.2) is 12.1 Å². The number of nitrogens with two attached hydrogens (primary N) is 1. The van der Waals surface area contributed by atoms with Crippen LogP contribution < -0.4 is 5.73 Å². The van der Waals surface area contributed by atoms with Crippen LogP contribution in [0.5, 0.6) is 0 Å². The summed E-state index contributed by atoms with van der Waals surface area (Å²) in [5.41, 5.74) is 7.11. The second kappa shape index (κ2) is 4.56. The van der Waals surface area contributed by atoms with Crippen LogP contribution in [0.2, 0.25) is 0 Å². The molecule has 3 heteroatoms. The highest BCUT2D eigenvalue weighted by Crippen LogP contribution is 2.09. The summed E-state index contributed by atoms with van der Waals surface area (Å²) in [6.45, 7) is 1.87. The fraction of sp³-hybridized carbons (Fsp3) is 0.273. The van der Waals surface area contributed by atoms with Crippen LogP contribution in [0.1, 0.15) is 18.1 Å². The van der Waals surface area contributed by atoms with Crippen LogP contribution in [0, 0.1) is 11.3 Å².